The van der Waals surface area contributed by atoms with Crippen LogP contribution in [-0.4, -0.2) is 34.2 Å². The molecule has 146 valence electrons. The summed E-state index contributed by atoms with van der Waals surface area (Å²) in [5, 5.41) is 2.86. The van der Waals surface area contributed by atoms with E-state index in [1.165, 1.54) is 0 Å². The molecule has 0 fully saturated rings. The lowest BCUT2D eigenvalue weighted by Crippen LogP contribution is -2.41. The van der Waals surface area contributed by atoms with Crippen molar-refractivity contribution in [2.45, 2.75) is 26.8 Å². The molecule has 0 aromatic heterocycles. The first-order valence-corrected chi connectivity index (χ1v) is 10.5. The number of carbonyl (C=O) groups excluding carboxylic acids is 1. The van der Waals surface area contributed by atoms with E-state index < -0.39 is 10.0 Å². The summed E-state index contributed by atoms with van der Waals surface area (Å²) in [6.07, 6.45) is 1.11. The smallest absolute Gasteiger partial charge is 0.241 e. The van der Waals surface area contributed by atoms with Crippen LogP contribution in [0.25, 0.3) is 0 Å². The second-order valence-corrected chi connectivity index (χ2v) is 8.48. The van der Waals surface area contributed by atoms with Gasteiger partial charge in [-0.1, -0.05) is 30.3 Å². The van der Waals surface area contributed by atoms with Crippen LogP contribution in [0.1, 0.15) is 29.7 Å². The first-order valence-electron chi connectivity index (χ1n) is 8.60. The van der Waals surface area contributed by atoms with Crippen LogP contribution in [-0.2, 0) is 14.8 Å². The predicted octanol–water partition coefficient (Wildman–Crippen LogP) is 2.96. The van der Waals surface area contributed by atoms with Crippen LogP contribution in [0.15, 0.2) is 42.5 Å². The molecule has 0 bridgehead atoms. The highest BCUT2D eigenvalue weighted by atomic mass is 32.2. The Morgan fingerprint density at radius 2 is 1.67 bits per heavy atom. The summed E-state index contributed by atoms with van der Waals surface area (Å²) in [6, 6.07) is 12.6. The quantitative estimate of drug-likeness (QED) is 0.789. The van der Waals surface area contributed by atoms with Gasteiger partial charge in [-0.2, -0.15) is 0 Å². The molecule has 0 saturated heterocycles. The first-order chi connectivity index (χ1) is 12.6. The summed E-state index contributed by atoms with van der Waals surface area (Å²) >= 11 is 0. The van der Waals surface area contributed by atoms with Crippen LogP contribution in [0.5, 0.6) is 5.75 Å². The average Bonchev–Trinajstić information content (AvgIpc) is 2.59. The maximum Gasteiger partial charge on any atom is 0.241 e. The minimum Gasteiger partial charge on any atom is -0.497 e. The van der Waals surface area contributed by atoms with E-state index in [0.717, 1.165) is 33.0 Å². The standard InChI is InChI=1S/C20H26N2O4S/c1-14-7-6-8-15(2)20(14)22(27(5,24)25)13-19(23)21-16(3)17-9-11-18(26-4)12-10-17/h6-12,16H,13H2,1-5H3,(H,21,23)/t16-/m0/s1. The number of rotatable bonds is 7. The zero-order valence-corrected chi connectivity index (χ0v) is 17.1. The normalized spacial score (nSPS) is 12.3. The number of carbonyl (C=O) groups is 1. The first kappa shape index (κ1) is 20.8. The lowest BCUT2D eigenvalue weighted by atomic mass is 10.1. The van der Waals surface area contributed by atoms with Gasteiger partial charge < -0.3 is 10.1 Å². The molecule has 1 amide bonds. The highest BCUT2D eigenvalue weighted by molar-refractivity contribution is 7.92. The van der Waals surface area contributed by atoms with Gasteiger partial charge in [0, 0.05) is 0 Å². The summed E-state index contributed by atoms with van der Waals surface area (Å²) in [7, 11) is -2.02. The van der Waals surface area contributed by atoms with E-state index in [1.54, 1.807) is 7.11 Å². The Kier molecular flexibility index (Phi) is 6.49. The van der Waals surface area contributed by atoms with Crippen molar-refractivity contribution in [3.8, 4) is 5.75 Å². The number of para-hydroxylation sites is 1. The molecule has 6 nitrogen and oxygen atoms in total. The van der Waals surface area contributed by atoms with E-state index in [9.17, 15) is 13.2 Å². The molecule has 0 aliphatic heterocycles. The van der Waals surface area contributed by atoms with Gasteiger partial charge in [-0.15, -0.1) is 0 Å². The van der Waals surface area contributed by atoms with E-state index in [4.69, 9.17) is 4.74 Å². The number of anilines is 1. The lowest BCUT2D eigenvalue weighted by Gasteiger charge is -2.26. The number of ether oxygens (including phenoxy) is 1. The number of nitrogens with one attached hydrogen (secondary N) is 1. The van der Waals surface area contributed by atoms with Crippen molar-refractivity contribution < 1.29 is 17.9 Å². The van der Waals surface area contributed by atoms with Crippen LogP contribution >= 0.6 is 0 Å². The van der Waals surface area contributed by atoms with Crippen molar-refractivity contribution >= 4 is 21.6 Å². The maximum absolute atomic E-state index is 12.6. The number of hydrogen-bond donors (Lipinski definition) is 1. The third-order valence-corrected chi connectivity index (χ3v) is 5.48. The van der Waals surface area contributed by atoms with Gasteiger partial charge in [-0.3, -0.25) is 9.10 Å². The largest absolute Gasteiger partial charge is 0.497 e. The minimum absolute atomic E-state index is 0.261. The molecule has 0 radical (unpaired) electrons. The summed E-state index contributed by atoms with van der Waals surface area (Å²) in [4.78, 5) is 12.6. The number of amides is 1. The summed E-state index contributed by atoms with van der Waals surface area (Å²) in [5.41, 5.74) is 3.06. The molecule has 7 heteroatoms. The van der Waals surface area contributed by atoms with Gasteiger partial charge in [0.15, 0.2) is 0 Å². The highest BCUT2D eigenvalue weighted by Crippen LogP contribution is 2.26. The van der Waals surface area contributed by atoms with Crippen LogP contribution in [0.4, 0.5) is 5.69 Å². The molecule has 2 rings (SSSR count). The molecule has 0 spiro atoms. The average molecular weight is 391 g/mol. The third kappa shape index (κ3) is 5.23. The van der Waals surface area contributed by atoms with E-state index in [2.05, 4.69) is 5.32 Å². The Bertz CT molecular complexity index is 888. The summed E-state index contributed by atoms with van der Waals surface area (Å²) in [5.74, 6) is 0.363. The molecule has 0 saturated carbocycles. The van der Waals surface area contributed by atoms with Gasteiger partial charge in [0.2, 0.25) is 15.9 Å². The van der Waals surface area contributed by atoms with E-state index in [-0.39, 0.29) is 18.5 Å². The van der Waals surface area contributed by atoms with Crippen LogP contribution < -0.4 is 14.4 Å². The van der Waals surface area contributed by atoms with Crippen molar-refractivity contribution in [3.05, 3.63) is 59.2 Å². The SMILES string of the molecule is COc1ccc([C@H](C)NC(=O)CN(c2c(C)cccc2C)S(C)(=O)=O)cc1. The van der Waals surface area contributed by atoms with Gasteiger partial charge >= 0.3 is 0 Å². The van der Waals surface area contributed by atoms with E-state index >= 15 is 0 Å². The molecule has 1 N–H and O–H groups in total. The Morgan fingerprint density at radius 3 is 2.15 bits per heavy atom. The third-order valence-electron chi connectivity index (χ3n) is 4.37. The fraction of sp³-hybridized carbons (Fsp3) is 0.350. The molecular formula is C20H26N2O4S. The fourth-order valence-electron chi connectivity index (χ4n) is 2.95. The number of methoxy groups -OCH3 is 1. The van der Waals surface area contributed by atoms with Gasteiger partial charge in [0.1, 0.15) is 12.3 Å². The fourth-order valence-corrected chi connectivity index (χ4v) is 3.93. The molecular weight excluding hydrogens is 364 g/mol. The Labute approximate surface area is 161 Å². The topological polar surface area (TPSA) is 75.7 Å². The highest BCUT2D eigenvalue weighted by Gasteiger charge is 2.24. The zero-order valence-electron chi connectivity index (χ0n) is 16.3. The summed E-state index contributed by atoms with van der Waals surface area (Å²) in [6.45, 7) is 5.24. The molecule has 0 heterocycles. The van der Waals surface area contributed by atoms with Gasteiger partial charge in [-0.25, -0.2) is 8.42 Å². The second-order valence-electron chi connectivity index (χ2n) is 6.57. The second kappa shape index (κ2) is 8.43. The number of benzene rings is 2. The van der Waals surface area contributed by atoms with Gasteiger partial charge in [-0.05, 0) is 49.6 Å². The van der Waals surface area contributed by atoms with E-state index in [1.807, 2.05) is 63.2 Å². The van der Waals surface area contributed by atoms with Crippen molar-refractivity contribution in [1.82, 2.24) is 5.32 Å². The molecule has 2 aromatic carbocycles. The Morgan fingerprint density at radius 1 is 1.11 bits per heavy atom. The van der Waals surface area contributed by atoms with Crippen LogP contribution in [0, 0.1) is 13.8 Å². The number of aryl methyl sites for hydroxylation is 2. The Balaban J connectivity index is 2.19. The summed E-state index contributed by atoms with van der Waals surface area (Å²) < 4.78 is 31.0. The lowest BCUT2D eigenvalue weighted by molar-refractivity contribution is -0.120. The van der Waals surface area contributed by atoms with E-state index in [0.29, 0.717) is 5.69 Å². The molecule has 0 aliphatic rings. The monoisotopic (exact) mass is 390 g/mol. The van der Waals surface area contributed by atoms with Crippen LogP contribution in [0.2, 0.25) is 0 Å². The zero-order chi connectivity index (χ0) is 20.2. The van der Waals surface area contributed by atoms with Crippen molar-refractivity contribution in [2.75, 3.05) is 24.2 Å². The molecule has 27 heavy (non-hydrogen) atoms. The molecule has 1 atom stereocenters. The van der Waals surface area contributed by atoms with Crippen molar-refractivity contribution in [1.29, 1.82) is 0 Å². The number of hydrogen-bond acceptors (Lipinski definition) is 4. The van der Waals surface area contributed by atoms with Crippen molar-refractivity contribution in [2.24, 2.45) is 0 Å². The molecule has 0 unspecified atom stereocenters. The van der Waals surface area contributed by atoms with Gasteiger partial charge in [0.05, 0.1) is 25.1 Å². The number of nitrogens with zero attached hydrogens (tertiary/aromatic N) is 1. The maximum atomic E-state index is 12.6. The predicted molar refractivity (Wildman–Crippen MR) is 108 cm³/mol. The number of sulfonamides is 1. The molecule has 0 aliphatic carbocycles. The van der Waals surface area contributed by atoms with Crippen LogP contribution in [0.3, 0.4) is 0 Å². The molecule has 2 aromatic rings. The Hall–Kier alpha value is -2.54. The minimum atomic E-state index is -3.61. The van der Waals surface area contributed by atoms with Crippen molar-refractivity contribution in [3.63, 3.8) is 0 Å². The van der Waals surface area contributed by atoms with Gasteiger partial charge in [0.25, 0.3) is 0 Å².